The molecule has 0 bridgehead atoms. The van der Waals surface area contributed by atoms with Crippen LogP contribution in [-0.2, 0) is 0 Å². The maximum absolute atomic E-state index is 9.18. The molecule has 3 heteroatoms. The van der Waals surface area contributed by atoms with Crippen LogP contribution in [0.15, 0.2) is 53.6 Å². The number of benzene rings is 1. The SMILES string of the molecule is CSc1ccc(C=C(C#N)c2ccccn2)cc1. The Bertz CT molecular complexity index is 580. The summed E-state index contributed by atoms with van der Waals surface area (Å²) in [6.07, 6.45) is 5.59. The molecule has 0 fully saturated rings. The van der Waals surface area contributed by atoms with Gasteiger partial charge in [0.1, 0.15) is 6.07 Å². The predicted octanol–water partition coefficient (Wildman–Crippen LogP) is 3.87. The number of hydrogen-bond donors (Lipinski definition) is 0. The number of pyridine rings is 1. The van der Waals surface area contributed by atoms with Crippen LogP contribution in [0.4, 0.5) is 0 Å². The van der Waals surface area contributed by atoms with Crippen molar-refractivity contribution in [1.29, 1.82) is 5.26 Å². The van der Waals surface area contributed by atoms with Crippen molar-refractivity contribution in [3.63, 3.8) is 0 Å². The largest absolute Gasteiger partial charge is 0.256 e. The van der Waals surface area contributed by atoms with E-state index in [-0.39, 0.29) is 0 Å². The minimum Gasteiger partial charge on any atom is -0.256 e. The highest BCUT2D eigenvalue weighted by atomic mass is 32.2. The first-order valence-electron chi connectivity index (χ1n) is 5.51. The molecule has 1 aromatic carbocycles. The van der Waals surface area contributed by atoms with E-state index in [2.05, 4.69) is 11.1 Å². The van der Waals surface area contributed by atoms with Crippen molar-refractivity contribution in [3.8, 4) is 6.07 Å². The van der Waals surface area contributed by atoms with Gasteiger partial charge in [-0.2, -0.15) is 5.26 Å². The second kappa shape index (κ2) is 6.04. The fourth-order valence-electron chi connectivity index (χ4n) is 1.55. The molecule has 0 N–H and O–H groups in total. The van der Waals surface area contributed by atoms with Crippen LogP contribution in [0.2, 0.25) is 0 Å². The van der Waals surface area contributed by atoms with Gasteiger partial charge < -0.3 is 0 Å². The van der Waals surface area contributed by atoms with Crippen molar-refractivity contribution < 1.29 is 0 Å². The molecular formula is C15H12N2S. The number of aromatic nitrogens is 1. The van der Waals surface area contributed by atoms with Crippen molar-refractivity contribution in [2.45, 2.75) is 4.90 Å². The van der Waals surface area contributed by atoms with E-state index in [0.717, 1.165) is 5.56 Å². The molecular weight excluding hydrogens is 240 g/mol. The normalized spacial score (nSPS) is 11.0. The van der Waals surface area contributed by atoms with Gasteiger partial charge in [-0.1, -0.05) is 18.2 Å². The van der Waals surface area contributed by atoms with Crippen LogP contribution in [0.5, 0.6) is 0 Å². The van der Waals surface area contributed by atoms with Gasteiger partial charge in [-0.05, 0) is 42.2 Å². The number of nitriles is 1. The van der Waals surface area contributed by atoms with Gasteiger partial charge >= 0.3 is 0 Å². The molecule has 0 aliphatic rings. The summed E-state index contributed by atoms with van der Waals surface area (Å²) in [5.74, 6) is 0. The standard InChI is InChI=1S/C15H12N2S/c1-18-14-7-5-12(6-8-14)10-13(11-16)15-4-2-3-9-17-15/h2-10H,1H3. The molecule has 1 aromatic heterocycles. The van der Waals surface area contributed by atoms with Gasteiger partial charge in [-0.3, -0.25) is 4.98 Å². The first kappa shape index (κ1) is 12.4. The lowest BCUT2D eigenvalue weighted by Gasteiger charge is -2.00. The number of nitrogens with zero attached hydrogens (tertiary/aromatic N) is 2. The second-order valence-electron chi connectivity index (χ2n) is 3.66. The molecule has 18 heavy (non-hydrogen) atoms. The zero-order valence-corrected chi connectivity index (χ0v) is 10.8. The molecule has 0 unspecified atom stereocenters. The molecule has 0 atom stereocenters. The van der Waals surface area contributed by atoms with Gasteiger partial charge in [-0.25, -0.2) is 0 Å². The maximum Gasteiger partial charge on any atom is 0.101 e. The van der Waals surface area contributed by atoms with Crippen LogP contribution in [0.3, 0.4) is 0 Å². The average Bonchev–Trinajstić information content (AvgIpc) is 2.46. The molecule has 0 aliphatic carbocycles. The maximum atomic E-state index is 9.18. The lowest BCUT2D eigenvalue weighted by Crippen LogP contribution is -1.85. The highest BCUT2D eigenvalue weighted by Gasteiger charge is 2.01. The van der Waals surface area contributed by atoms with Gasteiger partial charge in [0.2, 0.25) is 0 Å². The highest BCUT2D eigenvalue weighted by molar-refractivity contribution is 7.98. The summed E-state index contributed by atoms with van der Waals surface area (Å²) in [7, 11) is 0. The van der Waals surface area contributed by atoms with Crippen molar-refractivity contribution in [2.24, 2.45) is 0 Å². The molecule has 0 radical (unpaired) electrons. The Kier molecular flexibility index (Phi) is 4.16. The summed E-state index contributed by atoms with van der Waals surface area (Å²) in [6, 6.07) is 15.8. The van der Waals surface area contributed by atoms with Crippen LogP contribution in [-0.4, -0.2) is 11.2 Å². The molecule has 0 aliphatic heterocycles. The van der Waals surface area contributed by atoms with E-state index < -0.39 is 0 Å². The van der Waals surface area contributed by atoms with Crippen LogP contribution in [0, 0.1) is 11.3 Å². The van der Waals surface area contributed by atoms with Gasteiger partial charge in [-0.15, -0.1) is 11.8 Å². The van der Waals surface area contributed by atoms with Crippen LogP contribution in [0.1, 0.15) is 11.3 Å². The molecule has 0 saturated heterocycles. The van der Waals surface area contributed by atoms with Crippen LogP contribution >= 0.6 is 11.8 Å². The Balaban J connectivity index is 2.33. The van der Waals surface area contributed by atoms with Crippen molar-refractivity contribution in [3.05, 3.63) is 59.9 Å². The molecule has 0 amide bonds. The summed E-state index contributed by atoms with van der Waals surface area (Å²) < 4.78 is 0. The monoisotopic (exact) mass is 252 g/mol. The lowest BCUT2D eigenvalue weighted by atomic mass is 10.1. The van der Waals surface area contributed by atoms with Crippen LogP contribution in [0.25, 0.3) is 11.6 Å². The van der Waals surface area contributed by atoms with E-state index in [4.69, 9.17) is 0 Å². The zero-order chi connectivity index (χ0) is 12.8. The van der Waals surface area contributed by atoms with Crippen molar-refractivity contribution in [2.75, 3.05) is 6.26 Å². The second-order valence-corrected chi connectivity index (χ2v) is 4.54. The third-order valence-electron chi connectivity index (χ3n) is 2.49. The third kappa shape index (κ3) is 2.99. The first-order chi connectivity index (χ1) is 8.83. The Morgan fingerprint density at radius 2 is 2.00 bits per heavy atom. The fourth-order valence-corrected chi connectivity index (χ4v) is 1.96. The van der Waals surface area contributed by atoms with Crippen molar-refractivity contribution >= 4 is 23.4 Å². The van der Waals surface area contributed by atoms with Gasteiger partial charge in [0.25, 0.3) is 0 Å². The number of allylic oxidation sites excluding steroid dienone is 1. The summed E-state index contributed by atoms with van der Waals surface area (Å²) in [5.41, 5.74) is 2.29. The lowest BCUT2D eigenvalue weighted by molar-refractivity contribution is 1.28. The van der Waals surface area contributed by atoms with Gasteiger partial charge in [0.15, 0.2) is 0 Å². The Morgan fingerprint density at radius 3 is 2.56 bits per heavy atom. The number of thioether (sulfide) groups is 1. The predicted molar refractivity (Wildman–Crippen MR) is 75.9 cm³/mol. The zero-order valence-electron chi connectivity index (χ0n) is 10.00. The molecule has 0 saturated carbocycles. The Hall–Kier alpha value is -2.05. The quantitative estimate of drug-likeness (QED) is 0.614. The molecule has 2 nitrogen and oxygen atoms in total. The minimum atomic E-state index is 0.576. The van der Waals surface area contributed by atoms with E-state index in [1.54, 1.807) is 18.0 Å². The van der Waals surface area contributed by atoms with E-state index in [1.165, 1.54) is 4.90 Å². The summed E-state index contributed by atoms with van der Waals surface area (Å²) in [5, 5.41) is 9.18. The minimum absolute atomic E-state index is 0.576. The molecule has 1 heterocycles. The average molecular weight is 252 g/mol. The summed E-state index contributed by atoms with van der Waals surface area (Å²) in [4.78, 5) is 5.40. The van der Waals surface area contributed by atoms with Crippen molar-refractivity contribution in [1.82, 2.24) is 4.98 Å². The van der Waals surface area contributed by atoms with Crippen LogP contribution < -0.4 is 0 Å². The smallest absolute Gasteiger partial charge is 0.101 e. The highest BCUT2D eigenvalue weighted by Crippen LogP contribution is 2.19. The van der Waals surface area contributed by atoms with Gasteiger partial charge in [0.05, 0.1) is 11.3 Å². The number of rotatable bonds is 3. The number of hydrogen-bond acceptors (Lipinski definition) is 3. The Morgan fingerprint density at radius 1 is 1.22 bits per heavy atom. The van der Waals surface area contributed by atoms with E-state index in [9.17, 15) is 5.26 Å². The van der Waals surface area contributed by atoms with E-state index in [1.807, 2.05) is 54.8 Å². The van der Waals surface area contributed by atoms with Gasteiger partial charge in [0, 0.05) is 11.1 Å². The summed E-state index contributed by atoms with van der Waals surface area (Å²) in [6.45, 7) is 0. The Labute approximate surface area is 111 Å². The molecule has 0 spiro atoms. The third-order valence-corrected chi connectivity index (χ3v) is 3.23. The van der Waals surface area contributed by atoms with E-state index in [0.29, 0.717) is 11.3 Å². The fraction of sp³-hybridized carbons (Fsp3) is 0.0667. The topological polar surface area (TPSA) is 36.7 Å². The molecule has 88 valence electrons. The molecule has 2 aromatic rings. The van der Waals surface area contributed by atoms with E-state index >= 15 is 0 Å². The first-order valence-corrected chi connectivity index (χ1v) is 6.73. The molecule has 2 rings (SSSR count). The summed E-state index contributed by atoms with van der Waals surface area (Å²) >= 11 is 1.70.